The van der Waals surface area contributed by atoms with E-state index < -0.39 is 0 Å². The van der Waals surface area contributed by atoms with Crippen LogP contribution in [0.4, 0.5) is 4.39 Å². The maximum absolute atomic E-state index is 13.2. The molecule has 0 amide bonds. The van der Waals surface area contributed by atoms with E-state index in [1.165, 1.54) is 12.3 Å². The van der Waals surface area contributed by atoms with Crippen molar-refractivity contribution in [3.05, 3.63) is 54.4 Å². The van der Waals surface area contributed by atoms with Crippen LogP contribution in [0.3, 0.4) is 0 Å². The summed E-state index contributed by atoms with van der Waals surface area (Å²) in [4.78, 5) is 8.55. The lowest BCUT2D eigenvalue weighted by Gasteiger charge is -1.98. The Morgan fingerprint density at radius 2 is 2.12 bits per heavy atom. The van der Waals surface area contributed by atoms with Crippen molar-refractivity contribution in [3.63, 3.8) is 0 Å². The summed E-state index contributed by atoms with van der Waals surface area (Å²) < 4.78 is 14.9. The SMILES string of the molecule is Cc1c(-c2cccnc2)nc2ccc(F)cn12. The van der Waals surface area contributed by atoms with Gasteiger partial charge in [0.1, 0.15) is 11.5 Å². The Bertz CT molecular complexity index is 674. The van der Waals surface area contributed by atoms with Crippen molar-refractivity contribution >= 4 is 5.65 Å². The van der Waals surface area contributed by atoms with Gasteiger partial charge in [-0.15, -0.1) is 0 Å². The van der Waals surface area contributed by atoms with Crippen LogP contribution in [0.15, 0.2) is 42.9 Å². The highest BCUT2D eigenvalue weighted by Crippen LogP contribution is 2.22. The van der Waals surface area contributed by atoms with Gasteiger partial charge in [-0.1, -0.05) is 0 Å². The van der Waals surface area contributed by atoms with Crippen molar-refractivity contribution < 1.29 is 4.39 Å². The molecule has 3 heterocycles. The molecule has 0 radical (unpaired) electrons. The molecule has 4 heteroatoms. The van der Waals surface area contributed by atoms with Gasteiger partial charge >= 0.3 is 0 Å². The zero-order valence-corrected chi connectivity index (χ0v) is 9.26. The van der Waals surface area contributed by atoms with Crippen molar-refractivity contribution in [2.45, 2.75) is 6.92 Å². The zero-order chi connectivity index (χ0) is 11.8. The van der Waals surface area contributed by atoms with Gasteiger partial charge in [0.25, 0.3) is 0 Å². The molecule has 0 aliphatic carbocycles. The van der Waals surface area contributed by atoms with Crippen molar-refractivity contribution in [1.29, 1.82) is 0 Å². The summed E-state index contributed by atoms with van der Waals surface area (Å²) in [6.07, 6.45) is 4.91. The minimum atomic E-state index is -0.268. The van der Waals surface area contributed by atoms with E-state index in [0.717, 1.165) is 22.6 Å². The highest BCUT2D eigenvalue weighted by Gasteiger charge is 2.10. The third-order valence-corrected chi connectivity index (χ3v) is 2.76. The standard InChI is InChI=1S/C13H10FN3/c1-9-13(10-3-2-6-15-7-10)16-12-5-4-11(14)8-17(9)12/h2-8H,1H3. The summed E-state index contributed by atoms with van der Waals surface area (Å²) in [6.45, 7) is 1.92. The van der Waals surface area contributed by atoms with Crippen LogP contribution >= 0.6 is 0 Å². The second-order valence-corrected chi connectivity index (χ2v) is 3.86. The number of aromatic nitrogens is 3. The fraction of sp³-hybridized carbons (Fsp3) is 0.0769. The molecule has 0 spiro atoms. The molecule has 0 aromatic carbocycles. The van der Waals surface area contributed by atoms with Crippen molar-refractivity contribution in [3.8, 4) is 11.3 Å². The first-order valence-electron chi connectivity index (χ1n) is 5.30. The average Bonchev–Trinajstić information content (AvgIpc) is 2.68. The van der Waals surface area contributed by atoms with Gasteiger partial charge < -0.3 is 4.40 Å². The first kappa shape index (κ1) is 9.96. The number of halogens is 1. The van der Waals surface area contributed by atoms with Crippen LogP contribution in [0.2, 0.25) is 0 Å². The van der Waals surface area contributed by atoms with E-state index in [1.807, 2.05) is 19.1 Å². The summed E-state index contributed by atoms with van der Waals surface area (Å²) in [7, 11) is 0. The lowest BCUT2D eigenvalue weighted by Crippen LogP contribution is -1.89. The number of imidazole rings is 1. The van der Waals surface area contributed by atoms with Crippen LogP contribution in [-0.2, 0) is 0 Å². The molecule has 0 aliphatic heterocycles. The van der Waals surface area contributed by atoms with Crippen molar-refractivity contribution in [2.75, 3.05) is 0 Å². The van der Waals surface area contributed by atoms with E-state index in [1.54, 1.807) is 22.9 Å². The van der Waals surface area contributed by atoms with E-state index in [-0.39, 0.29) is 5.82 Å². The predicted molar refractivity (Wildman–Crippen MR) is 63.1 cm³/mol. The van der Waals surface area contributed by atoms with Crippen LogP contribution in [0.25, 0.3) is 16.9 Å². The monoisotopic (exact) mass is 227 g/mol. The van der Waals surface area contributed by atoms with Gasteiger partial charge in [0.15, 0.2) is 0 Å². The summed E-state index contributed by atoms with van der Waals surface area (Å²) in [5.41, 5.74) is 3.42. The highest BCUT2D eigenvalue weighted by molar-refractivity contribution is 5.65. The smallest absolute Gasteiger partial charge is 0.139 e. The molecule has 0 saturated heterocycles. The molecule has 0 aliphatic rings. The minimum absolute atomic E-state index is 0.268. The molecule has 3 aromatic rings. The van der Waals surface area contributed by atoms with E-state index in [4.69, 9.17) is 0 Å². The average molecular weight is 227 g/mol. The lowest BCUT2D eigenvalue weighted by molar-refractivity contribution is 0.618. The third kappa shape index (κ3) is 1.58. The molecule has 3 nitrogen and oxygen atoms in total. The molecule has 0 fully saturated rings. The van der Waals surface area contributed by atoms with Crippen LogP contribution < -0.4 is 0 Å². The Morgan fingerprint density at radius 1 is 1.24 bits per heavy atom. The predicted octanol–water partition coefficient (Wildman–Crippen LogP) is 2.84. The second-order valence-electron chi connectivity index (χ2n) is 3.86. The fourth-order valence-corrected chi connectivity index (χ4v) is 1.91. The normalized spacial score (nSPS) is 10.9. The molecule has 3 aromatic heterocycles. The van der Waals surface area contributed by atoms with E-state index >= 15 is 0 Å². The summed E-state index contributed by atoms with van der Waals surface area (Å²) in [5, 5.41) is 0. The zero-order valence-electron chi connectivity index (χ0n) is 9.26. The number of hydrogen-bond acceptors (Lipinski definition) is 2. The number of fused-ring (bicyclic) bond motifs is 1. The summed E-state index contributed by atoms with van der Waals surface area (Å²) >= 11 is 0. The number of nitrogens with zero attached hydrogens (tertiary/aromatic N) is 3. The number of hydrogen-bond donors (Lipinski definition) is 0. The molecule has 0 atom stereocenters. The Kier molecular flexibility index (Phi) is 2.14. The summed E-state index contributed by atoms with van der Waals surface area (Å²) in [6, 6.07) is 6.88. The Labute approximate surface area is 97.6 Å². The largest absolute Gasteiger partial charge is 0.301 e. The number of rotatable bonds is 1. The molecule has 0 bridgehead atoms. The van der Waals surface area contributed by atoms with Gasteiger partial charge in [-0.05, 0) is 31.2 Å². The Morgan fingerprint density at radius 3 is 2.88 bits per heavy atom. The molecule has 3 rings (SSSR count). The van der Waals surface area contributed by atoms with Crippen molar-refractivity contribution in [1.82, 2.24) is 14.4 Å². The topological polar surface area (TPSA) is 30.2 Å². The molecular weight excluding hydrogens is 217 g/mol. The molecule has 84 valence electrons. The lowest BCUT2D eigenvalue weighted by atomic mass is 10.2. The number of aryl methyl sites for hydroxylation is 1. The van der Waals surface area contributed by atoms with E-state index in [9.17, 15) is 4.39 Å². The van der Waals surface area contributed by atoms with Gasteiger partial charge in [0, 0.05) is 29.8 Å². The van der Waals surface area contributed by atoms with Crippen LogP contribution in [0.5, 0.6) is 0 Å². The Balaban J connectivity index is 2.28. The first-order valence-corrected chi connectivity index (χ1v) is 5.30. The highest BCUT2D eigenvalue weighted by atomic mass is 19.1. The van der Waals surface area contributed by atoms with E-state index in [2.05, 4.69) is 9.97 Å². The Hall–Kier alpha value is -2.23. The van der Waals surface area contributed by atoms with Gasteiger partial charge in [0.05, 0.1) is 5.69 Å². The fourth-order valence-electron chi connectivity index (χ4n) is 1.91. The minimum Gasteiger partial charge on any atom is -0.301 e. The van der Waals surface area contributed by atoms with Gasteiger partial charge in [-0.25, -0.2) is 9.37 Å². The second kappa shape index (κ2) is 3.66. The number of pyridine rings is 2. The van der Waals surface area contributed by atoms with Crippen LogP contribution in [-0.4, -0.2) is 14.4 Å². The molecule has 0 unspecified atom stereocenters. The molecule has 0 N–H and O–H groups in total. The quantitative estimate of drug-likeness (QED) is 0.640. The third-order valence-electron chi connectivity index (χ3n) is 2.76. The summed E-state index contributed by atoms with van der Waals surface area (Å²) in [5.74, 6) is -0.268. The molecule has 17 heavy (non-hydrogen) atoms. The van der Waals surface area contributed by atoms with Gasteiger partial charge in [-0.2, -0.15) is 0 Å². The molecule has 0 saturated carbocycles. The first-order chi connectivity index (χ1) is 8.25. The maximum atomic E-state index is 13.2. The van der Waals surface area contributed by atoms with Crippen molar-refractivity contribution in [2.24, 2.45) is 0 Å². The molecular formula is C13H10FN3. The van der Waals surface area contributed by atoms with Gasteiger partial charge in [0.2, 0.25) is 0 Å². The maximum Gasteiger partial charge on any atom is 0.139 e. The van der Waals surface area contributed by atoms with Crippen LogP contribution in [0.1, 0.15) is 5.69 Å². The van der Waals surface area contributed by atoms with Gasteiger partial charge in [-0.3, -0.25) is 4.98 Å². The van der Waals surface area contributed by atoms with E-state index in [0.29, 0.717) is 0 Å². The van der Waals surface area contributed by atoms with Crippen LogP contribution in [0, 0.1) is 12.7 Å².